The number of aliphatic carboxylic acids is 1. The quantitative estimate of drug-likeness (QED) is 0.288. The van der Waals surface area contributed by atoms with Gasteiger partial charge < -0.3 is 24.6 Å². The van der Waals surface area contributed by atoms with Crippen LogP contribution >= 0.6 is 0 Å². The number of ether oxygens (including phenoxy) is 3. The van der Waals surface area contributed by atoms with E-state index in [9.17, 15) is 19.5 Å². The zero-order chi connectivity index (χ0) is 29.3. The number of carbonyl (C=O) groups excluding carboxylic acids is 2. The molecule has 1 atom stereocenters. The molecule has 2 N–H and O–H groups in total. The third-order valence-corrected chi connectivity index (χ3v) is 7.04. The lowest BCUT2D eigenvalue weighted by atomic mass is 9.98. The minimum absolute atomic E-state index is 0.0595. The van der Waals surface area contributed by atoms with Crippen molar-refractivity contribution in [3.05, 3.63) is 89.6 Å². The summed E-state index contributed by atoms with van der Waals surface area (Å²) in [5.74, 6) is -0.859. The summed E-state index contributed by atoms with van der Waals surface area (Å²) in [6, 6.07) is 19.8. The maximum Gasteiger partial charge on any atom is 0.419 e. The van der Waals surface area contributed by atoms with Crippen LogP contribution in [0.15, 0.2) is 72.9 Å². The topological polar surface area (TPSA) is 116 Å². The molecule has 0 saturated carbocycles. The van der Waals surface area contributed by atoms with Crippen LogP contribution in [0.2, 0.25) is 0 Å². The summed E-state index contributed by atoms with van der Waals surface area (Å²) >= 11 is 0. The maximum absolute atomic E-state index is 13.0. The molecular formula is C32H32N2O7. The number of nitrogens with one attached hydrogen (secondary N) is 1. The van der Waals surface area contributed by atoms with Crippen molar-refractivity contribution >= 4 is 29.1 Å². The van der Waals surface area contributed by atoms with Crippen LogP contribution in [0, 0.1) is 0 Å². The van der Waals surface area contributed by atoms with E-state index in [1.54, 1.807) is 39.0 Å². The third kappa shape index (κ3) is 5.75. The second kappa shape index (κ2) is 11.0. The summed E-state index contributed by atoms with van der Waals surface area (Å²) < 4.78 is 17.8. The van der Waals surface area contributed by atoms with Gasteiger partial charge in [-0.1, -0.05) is 48.5 Å². The van der Waals surface area contributed by atoms with E-state index in [1.807, 2.05) is 48.5 Å². The number of benzene rings is 3. The molecule has 0 fully saturated rings. The van der Waals surface area contributed by atoms with Gasteiger partial charge >= 0.3 is 18.2 Å². The van der Waals surface area contributed by atoms with Gasteiger partial charge in [-0.05, 0) is 60.7 Å². The molecule has 212 valence electrons. The van der Waals surface area contributed by atoms with Gasteiger partial charge in [0.05, 0.1) is 12.6 Å². The average molecular weight is 557 g/mol. The van der Waals surface area contributed by atoms with Crippen molar-refractivity contribution in [2.24, 2.45) is 0 Å². The highest BCUT2D eigenvalue weighted by Crippen LogP contribution is 2.44. The van der Waals surface area contributed by atoms with E-state index in [2.05, 4.69) is 5.32 Å². The lowest BCUT2D eigenvalue weighted by Crippen LogP contribution is -2.42. The number of rotatable bonds is 7. The average Bonchev–Trinajstić information content (AvgIpc) is 3.46. The second-order valence-electron chi connectivity index (χ2n) is 11.0. The molecule has 0 saturated heterocycles. The number of fused-ring (bicyclic) bond motifs is 4. The van der Waals surface area contributed by atoms with Gasteiger partial charge in [0.25, 0.3) is 0 Å². The van der Waals surface area contributed by atoms with Gasteiger partial charge in [-0.25, -0.2) is 14.4 Å². The van der Waals surface area contributed by atoms with Crippen molar-refractivity contribution in [2.75, 3.05) is 13.7 Å². The summed E-state index contributed by atoms with van der Waals surface area (Å²) in [5, 5.41) is 13.1. The Morgan fingerprint density at radius 1 is 0.976 bits per heavy atom. The first-order chi connectivity index (χ1) is 19.6. The van der Waals surface area contributed by atoms with Crippen LogP contribution in [0.25, 0.3) is 22.0 Å². The lowest BCUT2D eigenvalue weighted by Gasteiger charge is -2.19. The maximum atomic E-state index is 13.0. The fourth-order valence-corrected chi connectivity index (χ4v) is 5.23. The number of carboxylic acid groups (broad SMARTS) is 1. The van der Waals surface area contributed by atoms with Gasteiger partial charge in [0.2, 0.25) is 0 Å². The number of carboxylic acids is 1. The number of amides is 1. The highest BCUT2D eigenvalue weighted by molar-refractivity contribution is 5.93. The Bertz CT molecular complexity index is 1590. The molecule has 1 amide bonds. The van der Waals surface area contributed by atoms with E-state index in [-0.39, 0.29) is 18.9 Å². The molecule has 5 rings (SSSR count). The highest BCUT2D eigenvalue weighted by atomic mass is 16.6. The van der Waals surface area contributed by atoms with Crippen molar-refractivity contribution in [2.45, 2.75) is 44.8 Å². The van der Waals surface area contributed by atoms with Crippen molar-refractivity contribution in [3.8, 4) is 16.9 Å². The van der Waals surface area contributed by atoms with Crippen molar-refractivity contribution in [1.29, 1.82) is 0 Å². The largest absolute Gasteiger partial charge is 0.497 e. The first kappa shape index (κ1) is 27.8. The van der Waals surface area contributed by atoms with Crippen LogP contribution in [-0.4, -0.2) is 53.2 Å². The van der Waals surface area contributed by atoms with E-state index in [4.69, 9.17) is 14.2 Å². The van der Waals surface area contributed by atoms with Crippen LogP contribution in [0.3, 0.4) is 0 Å². The predicted octanol–water partition coefficient (Wildman–Crippen LogP) is 5.97. The number of methoxy groups -OCH3 is 1. The zero-order valence-corrected chi connectivity index (χ0v) is 23.3. The second-order valence-corrected chi connectivity index (χ2v) is 11.0. The smallest absolute Gasteiger partial charge is 0.419 e. The summed E-state index contributed by atoms with van der Waals surface area (Å²) in [7, 11) is 1.52. The molecule has 0 unspecified atom stereocenters. The molecule has 1 aliphatic carbocycles. The number of carbonyl (C=O) groups is 3. The Morgan fingerprint density at radius 3 is 2.20 bits per heavy atom. The van der Waals surface area contributed by atoms with Crippen LogP contribution < -0.4 is 10.1 Å². The summed E-state index contributed by atoms with van der Waals surface area (Å²) in [6.07, 6.45) is 0.00118. The van der Waals surface area contributed by atoms with Gasteiger partial charge in [0.1, 0.15) is 24.0 Å². The minimum atomic E-state index is -1.30. The van der Waals surface area contributed by atoms with Gasteiger partial charge in [-0.15, -0.1) is 0 Å². The van der Waals surface area contributed by atoms with Gasteiger partial charge in [-0.3, -0.25) is 4.57 Å². The van der Waals surface area contributed by atoms with Crippen molar-refractivity contribution < 1.29 is 33.7 Å². The summed E-state index contributed by atoms with van der Waals surface area (Å²) in [4.78, 5) is 38.0. The Balaban J connectivity index is 1.34. The predicted molar refractivity (Wildman–Crippen MR) is 153 cm³/mol. The standard InChI is InChI=1S/C32H32N2O7/c1-32(2,3)41-31(38)34-17-19(21-14-13-20(39-4)16-28(21)34)15-27(29(35)36)33-30(37)40-18-26-24-11-7-5-9-22(24)23-10-6-8-12-25(23)26/h5-14,16-17,26-27H,15,18H2,1-4H3,(H,33,37)(H,35,36)/t27-/m0/s1. The molecule has 1 aliphatic rings. The normalized spacial score (nSPS) is 13.3. The van der Waals surface area contributed by atoms with Crippen molar-refractivity contribution in [1.82, 2.24) is 9.88 Å². The van der Waals surface area contributed by atoms with Crippen LogP contribution in [0.5, 0.6) is 5.75 Å². The van der Waals surface area contributed by atoms with Crippen molar-refractivity contribution in [3.63, 3.8) is 0 Å². The fraction of sp³-hybridized carbons (Fsp3) is 0.281. The third-order valence-electron chi connectivity index (χ3n) is 7.04. The monoisotopic (exact) mass is 556 g/mol. The van der Waals surface area contributed by atoms with Gasteiger partial charge in [0, 0.05) is 30.0 Å². The Kier molecular flexibility index (Phi) is 7.45. The number of alkyl carbamates (subject to hydrolysis) is 1. The van der Waals surface area contributed by atoms with E-state index in [1.165, 1.54) is 17.9 Å². The molecule has 1 aromatic heterocycles. The Labute approximate surface area is 237 Å². The highest BCUT2D eigenvalue weighted by Gasteiger charge is 2.30. The molecule has 0 spiro atoms. The number of hydrogen-bond acceptors (Lipinski definition) is 6. The molecule has 4 aromatic rings. The van der Waals surface area contributed by atoms with Gasteiger partial charge in [-0.2, -0.15) is 0 Å². The molecule has 0 radical (unpaired) electrons. The molecule has 9 heteroatoms. The summed E-state index contributed by atoms with van der Waals surface area (Å²) in [5.41, 5.74) is 4.61. The Morgan fingerprint density at radius 2 is 1.61 bits per heavy atom. The molecule has 0 aliphatic heterocycles. The Hall–Kier alpha value is -4.79. The van der Waals surface area contributed by atoms with Crippen LogP contribution in [-0.2, 0) is 20.7 Å². The zero-order valence-electron chi connectivity index (χ0n) is 23.3. The number of hydrogen-bond donors (Lipinski definition) is 2. The summed E-state index contributed by atoms with van der Waals surface area (Å²) in [6.45, 7) is 5.34. The van der Waals surface area contributed by atoms with E-state index in [0.717, 1.165) is 22.3 Å². The molecule has 41 heavy (non-hydrogen) atoms. The molecule has 1 heterocycles. The minimum Gasteiger partial charge on any atom is -0.497 e. The molecular weight excluding hydrogens is 524 g/mol. The fourth-order valence-electron chi connectivity index (χ4n) is 5.23. The molecule has 9 nitrogen and oxygen atoms in total. The number of aromatic nitrogens is 1. The lowest BCUT2D eigenvalue weighted by molar-refractivity contribution is -0.139. The molecule has 3 aromatic carbocycles. The van der Waals surface area contributed by atoms with E-state index < -0.39 is 29.8 Å². The first-order valence-electron chi connectivity index (χ1n) is 13.3. The van der Waals surface area contributed by atoms with Crippen LogP contribution in [0.4, 0.5) is 9.59 Å². The van der Waals surface area contributed by atoms with E-state index >= 15 is 0 Å². The van der Waals surface area contributed by atoms with Gasteiger partial charge in [0.15, 0.2) is 0 Å². The van der Waals surface area contributed by atoms with Crippen LogP contribution in [0.1, 0.15) is 43.4 Å². The SMILES string of the molecule is COc1ccc2c(C[C@H](NC(=O)OCC3c4ccccc4-c4ccccc43)C(=O)O)cn(C(=O)OC(C)(C)C)c2c1. The number of nitrogens with zero attached hydrogens (tertiary/aromatic N) is 1. The van der Waals surface area contributed by atoms with E-state index in [0.29, 0.717) is 22.2 Å². The first-order valence-corrected chi connectivity index (χ1v) is 13.3. The molecule has 0 bridgehead atoms.